The fraction of sp³-hybridized carbons (Fsp3) is 0.538. The molecule has 5 heteroatoms. The van der Waals surface area contributed by atoms with Gasteiger partial charge >= 0.3 is 0 Å². The summed E-state index contributed by atoms with van der Waals surface area (Å²) in [6, 6.07) is 3.62. The highest BCUT2D eigenvalue weighted by atomic mass is 16.3. The SMILES string of the molecule is CCCCN(CC(N)=O)c1ccc([C@H](C)O)cn1. The number of nitrogens with two attached hydrogens (primary N) is 1. The smallest absolute Gasteiger partial charge is 0.236 e. The lowest BCUT2D eigenvalue weighted by Crippen LogP contribution is -2.35. The minimum absolute atomic E-state index is 0.168. The largest absolute Gasteiger partial charge is 0.389 e. The number of carbonyl (C=O) groups excluding carboxylic acids is 1. The molecule has 100 valence electrons. The Balaban J connectivity index is 2.80. The van der Waals surface area contributed by atoms with E-state index in [1.54, 1.807) is 19.2 Å². The molecule has 1 aromatic heterocycles. The molecule has 0 aliphatic heterocycles. The highest BCUT2D eigenvalue weighted by Gasteiger charge is 2.11. The van der Waals surface area contributed by atoms with Gasteiger partial charge in [0.1, 0.15) is 5.82 Å². The Morgan fingerprint density at radius 1 is 1.56 bits per heavy atom. The van der Waals surface area contributed by atoms with Crippen molar-refractivity contribution < 1.29 is 9.90 Å². The van der Waals surface area contributed by atoms with E-state index in [9.17, 15) is 9.90 Å². The number of pyridine rings is 1. The van der Waals surface area contributed by atoms with Gasteiger partial charge in [0, 0.05) is 12.7 Å². The molecule has 0 aromatic carbocycles. The molecule has 1 aromatic rings. The topological polar surface area (TPSA) is 79.5 Å². The zero-order valence-electron chi connectivity index (χ0n) is 11.0. The fourth-order valence-corrected chi connectivity index (χ4v) is 1.64. The van der Waals surface area contributed by atoms with Crippen molar-refractivity contribution >= 4 is 11.7 Å². The van der Waals surface area contributed by atoms with Crippen molar-refractivity contribution in [3.63, 3.8) is 0 Å². The number of nitrogens with zero attached hydrogens (tertiary/aromatic N) is 2. The van der Waals surface area contributed by atoms with Gasteiger partial charge in [-0.1, -0.05) is 19.4 Å². The molecule has 3 N–H and O–H groups in total. The van der Waals surface area contributed by atoms with E-state index in [1.165, 1.54) is 0 Å². The molecule has 0 unspecified atom stereocenters. The van der Waals surface area contributed by atoms with Gasteiger partial charge in [-0.3, -0.25) is 4.79 Å². The lowest BCUT2D eigenvalue weighted by Gasteiger charge is -2.22. The molecule has 0 aliphatic carbocycles. The number of unbranched alkanes of at least 4 members (excludes halogenated alkanes) is 1. The third-order valence-electron chi connectivity index (χ3n) is 2.71. The van der Waals surface area contributed by atoms with E-state index >= 15 is 0 Å². The third-order valence-corrected chi connectivity index (χ3v) is 2.71. The van der Waals surface area contributed by atoms with Crippen LogP contribution in [0.5, 0.6) is 0 Å². The summed E-state index contributed by atoms with van der Waals surface area (Å²) in [6.45, 7) is 4.70. The second kappa shape index (κ2) is 6.96. The van der Waals surface area contributed by atoms with E-state index in [4.69, 9.17) is 5.73 Å². The van der Waals surface area contributed by atoms with E-state index in [-0.39, 0.29) is 12.5 Å². The minimum atomic E-state index is -0.535. The summed E-state index contributed by atoms with van der Waals surface area (Å²) in [5.41, 5.74) is 5.99. The van der Waals surface area contributed by atoms with Crippen molar-refractivity contribution in [2.75, 3.05) is 18.0 Å². The van der Waals surface area contributed by atoms with Gasteiger partial charge in [0.05, 0.1) is 12.6 Å². The van der Waals surface area contributed by atoms with Crippen LogP contribution in [0.1, 0.15) is 38.4 Å². The van der Waals surface area contributed by atoms with Crippen LogP contribution in [-0.4, -0.2) is 29.1 Å². The predicted molar refractivity (Wildman–Crippen MR) is 71.2 cm³/mol. The standard InChI is InChI=1S/C13H21N3O2/c1-3-4-7-16(9-12(14)18)13-6-5-11(8-15-13)10(2)17/h5-6,8,10,17H,3-4,7,9H2,1-2H3,(H2,14,18)/t10-/m0/s1. The summed E-state index contributed by atoms with van der Waals surface area (Å²) in [7, 11) is 0. The number of aliphatic hydroxyl groups excluding tert-OH is 1. The van der Waals surface area contributed by atoms with Gasteiger partial charge in [0.2, 0.25) is 5.91 Å². The van der Waals surface area contributed by atoms with Crippen molar-refractivity contribution in [1.29, 1.82) is 0 Å². The van der Waals surface area contributed by atoms with Crippen LogP contribution in [0.25, 0.3) is 0 Å². The van der Waals surface area contributed by atoms with Crippen LogP contribution in [0.2, 0.25) is 0 Å². The molecular formula is C13H21N3O2. The fourth-order valence-electron chi connectivity index (χ4n) is 1.64. The quantitative estimate of drug-likeness (QED) is 0.763. The maximum Gasteiger partial charge on any atom is 0.236 e. The average Bonchev–Trinajstić information content (AvgIpc) is 2.34. The first-order valence-corrected chi connectivity index (χ1v) is 6.21. The number of aromatic nitrogens is 1. The van der Waals surface area contributed by atoms with Crippen LogP contribution >= 0.6 is 0 Å². The zero-order chi connectivity index (χ0) is 13.5. The Kier molecular flexibility index (Phi) is 5.58. The molecule has 1 rings (SSSR count). The Bertz CT molecular complexity index is 376. The Labute approximate surface area is 108 Å². The lowest BCUT2D eigenvalue weighted by molar-refractivity contribution is -0.116. The number of rotatable bonds is 7. The molecule has 1 amide bonds. The highest BCUT2D eigenvalue weighted by molar-refractivity contribution is 5.79. The molecule has 5 nitrogen and oxygen atoms in total. The predicted octanol–water partition coefficient (Wildman–Crippen LogP) is 1.23. The summed E-state index contributed by atoms with van der Waals surface area (Å²) >= 11 is 0. The number of carbonyl (C=O) groups is 1. The van der Waals surface area contributed by atoms with Crippen LogP contribution in [0.4, 0.5) is 5.82 Å². The maximum absolute atomic E-state index is 11.0. The van der Waals surface area contributed by atoms with Crippen LogP contribution in [-0.2, 0) is 4.79 Å². The number of anilines is 1. The maximum atomic E-state index is 11.0. The molecule has 18 heavy (non-hydrogen) atoms. The van der Waals surface area contributed by atoms with Gasteiger partial charge in [-0.15, -0.1) is 0 Å². The third kappa shape index (κ3) is 4.33. The second-order valence-electron chi connectivity index (χ2n) is 4.37. The Hall–Kier alpha value is -1.62. The van der Waals surface area contributed by atoms with Gasteiger partial charge in [0.15, 0.2) is 0 Å². The van der Waals surface area contributed by atoms with Gasteiger partial charge in [-0.2, -0.15) is 0 Å². The molecule has 0 spiro atoms. The first-order valence-electron chi connectivity index (χ1n) is 6.21. The van der Waals surface area contributed by atoms with Gasteiger partial charge < -0.3 is 15.7 Å². The summed E-state index contributed by atoms with van der Waals surface area (Å²) < 4.78 is 0. The van der Waals surface area contributed by atoms with Gasteiger partial charge in [-0.05, 0) is 25.0 Å². The lowest BCUT2D eigenvalue weighted by atomic mass is 10.2. The van der Waals surface area contributed by atoms with Crippen molar-refractivity contribution in [2.45, 2.75) is 32.8 Å². The molecule has 0 saturated carbocycles. The summed E-state index contributed by atoms with van der Waals surface area (Å²) in [4.78, 5) is 17.2. The van der Waals surface area contributed by atoms with E-state index in [1.807, 2.05) is 11.0 Å². The molecule has 0 saturated heterocycles. The monoisotopic (exact) mass is 251 g/mol. The average molecular weight is 251 g/mol. The first-order chi connectivity index (χ1) is 8.54. The molecule has 0 aliphatic rings. The van der Waals surface area contributed by atoms with Gasteiger partial charge in [-0.25, -0.2) is 4.98 Å². The summed E-state index contributed by atoms with van der Waals surface area (Å²) in [5.74, 6) is 0.346. The van der Waals surface area contributed by atoms with Crippen LogP contribution in [0, 0.1) is 0 Å². The molecule has 0 fully saturated rings. The van der Waals surface area contributed by atoms with Crippen molar-refractivity contribution in [3.05, 3.63) is 23.9 Å². The van der Waals surface area contributed by atoms with Crippen molar-refractivity contribution in [2.24, 2.45) is 5.73 Å². The number of aliphatic hydroxyl groups is 1. The second-order valence-corrected chi connectivity index (χ2v) is 4.37. The van der Waals surface area contributed by atoms with Gasteiger partial charge in [0.25, 0.3) is 0 Å². The van der Waals surface area contributed by atoms with Crippen LogP contribution < -0.4 is 10.6 Å². The number of hydrogen-bond acceptors (Lipinski definition) is 4. The molecule has 0 bridgehead atoms. The Morgan fingerprint density at radius 2 is 2.28 bits per heavy atom. The van der Waals surface area contributed by atoms with E-state index in [0.29, 0.717) is 5.82 Å². The summed E-state index contributed by atoms with van der Waals surface area (Å²) in [6.07, 6.45) is 3.11. The molecule has 0 radical (unpaired) electrons. The molecule has 1 heterocycles. The van der Waals surface area contributed by atoms with Crippen LogP contribution in [0.3, 0.4) is 0 Å². The summed E-state index contributed by atoms with van der Waals surface area (Å²) in [5, 5.41) is 9.41. The number of amides is 1. The number of primary amides is 1. The molecule has 1 atom stereocenters. The first kappa shape index (κ1) is 14.4. The van der Waals surface area contributed by atoms with E-state index in [2.05, 4.69) is 11.9 Å². The van der Waals surface area contributed by atoms with Crippen molar-refractivity contribution in [1.82, 2.24) is 4.98 Å². The Morgan fingerprint density at radius 3 is 2.72 bits per heavy atom. The van der Waals surface area contributed by atoms with Crippen molar-refractivity contribution in [3.8, 4) is 0 Å². The van der Waals surface area contributed by atoms with E-state index < -0.39 is 6.10 Å². The number of hydrogen-bond donors (Lipinski definition) is 2. The van der Waals surface area contributed by atoms with Crippen LogP contribution in [0.15, 0.2) is 18.3 Å². The minimum Gasteiger partial charge on any atom is -0.389 e. The highest BCUT2D eigenvalue weighted by Crippen LogP contribution is 2.16. The normalized spacial score (nSPS) is 12.2. The zero-order valence-corrected chi connectivity index (χ0v) is 11.0. The van der Waals surface area contributed by atoms with E-state index in [0.717, 1.165) is 24.9 Å². The molecular weight excluding hydrogens is 230 g/mol.